The predicted octanol–water partition coefficient (Wildman–Crippen LogP) is 4.04. The monoisotopic (exact) mass is 733 g/mol. The van der Waals surface area contributed by atoms with Crippen molar-refractivity contribution >= 4 is 38.8 Å². The van der Waals surface area contributed by atoms with Gasteiger partial charge in [0.05, 0.1) is 0 Å². The molecule has 0 fully saturated rings. The molecule has 0 heterocycles. The summed E-state index contributed by atoms with van der Waals surface area (Å²) in [5, 5.41) is 5.33. The summed E-state index contributed by atoms with van der Waals surface area (Å²) in [7, 11) is 0. The zero-order valence-electron chi connectivity index (χ0n) is 22.3. The van der Waals surface area contributed by atoms with Crippen molar-refractivity contribution in [1.29, 1.82) is 0 Å². The van der Waals surface area contributed by atoms with Crippen LogP contribution in [0.4, 0.5) is 0 Å². The molecular formula is C38H27Cl2Hf-3. The molecule has 0 nitrogen and oxygen atoms in total. The van der Waals surface area contributed by atoms with E-state index in [2.05, 4.69) is 158 Å². The van der Waals surface area contributed by atoms with Gasteiger partial charge in [0.25, 0.3) is 0 Å². The van der Waals surface area contributed by atoms with E-state index in [1.54, 1.807) is 0 Å². The van der Waals surface area contributed by atoms with Gasteiger partial charge in [-0.2, -0.15) is 0 Å². The van der Waals surface area contributed by atoms with Crippen LogP contribution in [0.2, 0.25) is 0 Å². The number of fused-ring (bicyclic) bond motifs is 3. The van der Waals surface area contributed by atoms with Crippen molar-refractivity contribution in [3.8, 4) is 0 Å². The minimum absolute atomic E-state index is 0. The van der Waals surface area contributed by atoms with Gasteiger partial charge in [-0.1, -0.05) is 139 Å². The molecule has 0 saturated carbocycles. The van der Waals surface area contributed by atoms with Gasteiger partial charge >= 0.3 is 0 Å². The van der Waals surface area contributed by atoms with E-state index in [1.165, 1.54) is 60.5 Å². The third-order valence-corrected chi connectivity index (χ3v) is 7.64. The molecule has 0 spiro atoms. The van der Waals surface area contributed by atoms with Gasteiger partial charge in [-0.15, -0.1) is 33.7 Å². The summed E-state index contributed by atoms with van der Waals surface area (Å²) in [6.45, 7) is 0. The van der Waals surface area contributed by atoms with E-state index in [4.69, 9.17) is 0 Å². The Labute approximate surface area is 273 Å². The summed E-state index contributed by atoms with van der Waals surface area (Å²) in [6, 6.07) is 48.1. The van der Waals surface area contributed by atoms with E-state index in [9.17, 15) is 0 Å². The van der Waals surface area contributed by atoms with Crippen LogP contribution in [0.3, 0.4) is 0 Å². The zero-order chi connectivity index (χ0) is 25.3. The molecule has 1 aliphatic rings. The van der Waals surface area contributed by atoms with Gasteiger partial charge in [0, 0.05) is 31.8 Å². The van der Waals surface area contributed by atoms with Crippen LogP contribution in [-0.4, -0.2) is 0 Å². The molecule has 7 rings (SSSR count). The Hall–Kier alpha value is -3.36. The maximum Gasteiger partial charge on any atom is 0.00119 e. The van der Waals surface area contributed by atoms with Crippen molar-refractivity contribution in [2.24, 2.45) is 0 Å². The van der Waals surface area contributed by atoms with Gasteiger partial charge in [-0.25, -0.2) is 0 Å². The number of halogens is 2. The Kier molecular flexibility index (Phi) is 10.1. The second kappa shape index (κ2) is 13.5. The molecule has 6 aromatic carbocycles. The van der Waals surface area contributed by atoms with Crippen LogP contribution in [0.15, 0.2) is 152 Å². The Morgan fingerprint density at radius 3 is 2.00 bits per heavy atom. The normalized spacial score (nSPS) is 13.6. The molecule has 0 aromatic heterocycles. The van der Waals surface area contributed by atoms with Crippen LogP contribution in [0, 0.1) is 0 Å². The Bertz CT molecular complexity index is 1820. The summed E-state index contributed by atoms with van der Waals surface area (Å²) in [5.74, 6) is 0.234. The number of rotatable bonds is 5. The molecule has 0 saturated heterocycles. The first-order chi connectivity index (χ1) is 18.8. The molecule has 0 N–H and O–H groups in total. The fourth-order valence-electron chi connectivity index (χ4n) is 5.84. The average molecular weight is 733 g/mol. The SMILES string of the molecule is C1=CC(c2cccc3c2[cH-]c2ccccc23)C(c2cccc(C=C(c3ccccc3)c3ccccc3)c2)=C1.[Cl-].[Cl-].[Hf]. The van der Waals surface area contributed by atoms with Gasteiger partial charge in [-0.05, 0) is 45.5 Å². The van der Waals surface area contributed by atoms with Gasteiger partial charge in [0.1, 0.15) is 0 Å². The maximum absolute atomic E-state index is 2.36. The molecule has 1 atom stereocenters. The standard InChI is InChI=1S/C38H27.2ClH.Hf/c1-3-13-28(14-4-1)37(29-15-5-2-6-16-29)25-27-12-9-18-30(24-27)33-20-10-21-34(33)36-23-11-22-35-32-19-8-7-17-31(32)26-38(35)36;;;/h1-26,34H;2*1H;/q-1;;;/p-2. The molecule has 0 bridgehead atoms. The molecular weight excluding hydrogens is 706 g/mol. The third-order valence-electron chi connectivity index (χ3n) is 7.64. The molecule has 41 heavy (non-hydrogen) atoms. The van der Waals surface area contributed by atoms with E-state index < -0.39 is 0 Å². The number of hydrogen-bond donors (Lipinski definition) is 0. The fourth-order valence-corrected chi connectivity index (χ4v) is 5.84. The van der Waals surface area contributed by atoms with Crippen LogP contribution >= 0.6 is 0 Å². The molecule has 3 heteroatoms. The van der Waals surface area contributed by atoms with Crippen molar-refractivity contribution in [2.45, 2.75) is 5.92 Å². The van der Waals surface area contributed by atoms with Crippen LogP contribution in [0.1, 0.15) is 33.7 Å². The van der Waals surface area contributed by atoms with Crippen molar-refractivity contribution in [3.05, 3.63) is 180 Å². The second-order valence-corrected chi connectivity index (χ2v) is 9.94. The fraction of sp³-hybridized carbons (Fsp3) is 0.0263. The molecule has 200 valence electrons. The van der Waals surface area contributed by atoms with Gasteiger partial charge in [-0.3, -0.25) is 0 Å². The van der Waals surface area contributed by atoms with Gasteiger partial charge in [0.2, 0.25) is 0 Å². The maximum atomic E-state index is 2.36. The Morgan fingerprint density at radius 2 is 1.27 bits per heavy atom. The van der Waals surface area contributed by atoms with E-state index in [0.717, 1.165) is 0 Å². The van der Waals surface area contributed by atoms with Crippen molar-refractivity contribution in [1.82, 2.24) is 0 Å². The summed E-state index contributed by atoms with van der Waals surface area (Å²) in [5.41, 5.74) is 8.85. The summed E-state index contributed by atoms with van der Waals surface area (Å²) in [6.07, 6.45) is 9.15. The number of hydrogen-bond acceptors (Lipinski definition) is 0. The van der Waals surface area contributed by atoms with Gasteiger partial charge in [0.15, 0.2) is 0 Å². The van der Waals surface area contributed by atoms with E-state index in [0.29, 0.717) is 0 Å². The largest absolute Gasteiger partial charge is 1.00 e. The minimum atomic E-state index is 0. The Balaban J connectivity index is 0.00000129. The number of allylic oxidation sites excluding steroid dienone is 4. The first-order valence-corrected chi connectivity index (χ1v) is 13.2. The topological polar surface area (TPSA) is 0 Å². The molecule has 0 radical (unpaired) electrons. The van der Waals surface area contributed by atoms with Crippen molar-refractivity contribution in [3.63, 3.8) is 0 Å². The van der Waals surface area contributed by atoms with E-state index >= 15 is 0 Å². The molecule has 6 aromatic rings. The van der Waals surface area contributed by atoms with Gasteiger partial charge < -0.3 is 24.8 Å². The van der Waals surface area contributed by atoms with Crippen LogP contribution < -0.4 is 24.8 Å². The summed E-state index contributed by atoms with van der Waals surface area (Å²) >= 11 is 0. The minimum Gasteiger partial charge on any atom is -1.00 e. The van der Waals surface area contributed by atoms with Crippen molar-refractivity contribution in [2.75, 3.05) is 0 Å². The molecule has 0 aliphatic heterocycles. The average Bonchev–Trinajstić information content (AvgIpc) is 3.62. The Morgan fingerprint density at radius 1 is 0.634 bits per heavy atom. The predicted molar refractivity (Wildman–Crippen MR) is 163 cm³/mol. The van der Waals surface area contributed by atoms with E-state index in [-0.39, 0.29) is 56.6 Å². The van der Waals surface area contributed by atoms with Crippen LogP contribution in [0.25, 0.3) is 38.8 Å². The van der Waals surface area contributed by atoms with E-state index in [1.807, 2.05) is 0 Å². The second-order valence-electron chi connectivity index (χ2n) is 9.94. The molecule has 0 amide bonds. The third kappa shape index (κ3) is 5.99. The van der Waals surface area contributed by atoms with Crippen LogP contribution in [0.5, 0.6) is 0 Å². The summed E-state index contributed by atoms with van der Waals surface area (Å²) in [4.78, 5) is 0. The smallest absolute Gasteiger partial charge is 0.00119 e. The first kappa shape index (κ1) is 30.6. The first-order valence-electron chi connectivity index (χ1n) is 13.2. The molecule has 1 unspecified atom stereocenters. The zero-order valence-corrected chi connectivity index (χ0v) is 27.4. The summed E-state index contributed by atoms with van der Waals surface area (Å²) < 4.78 is 0. The van der Waals surface area contributed by atoms with Crippen molar-refractivity contribution < 1.29 is 50.7 Å². The quantitative estimate of drug-likeness (QED) is 0.143. The molecule has 1 aliphatic carbocycles. The number of benzene rings is 5. The van der Waals surface area contributed by atoms with Crippen LogP contribution in [-0.2, 0) is 25.8 Å².